The van der Waals surface area contributed by atoms with E-state index < -0.39 is 16.0 Å². The Kier molecular flexibility index (Phi) is 2.66. The molecule has 0 spiro atoms. The van der Waals surface area contributed by atoms with E-state index in [2.05, 4.69) is 9.46 Å². The summed E-state index contributed by atoms with van der Waals surface area (Å²) in [6.45, 7) is -0.0368. The summed E-state index contributed by atoms with van der Waals surface area (Å²) in [5.74, 6) is -0.536. The number of carbonyl (C=O) groups excluding carboxylic acids is 1. The summed E-state index contributed by atoms with van der Waals surface area (Å²) >= 11 is 0. The Balaban J connectivity index is 2.22. The quantitative estimate of drug-likeness (QED) is 0.775. The van der Waals surface area contributed by atoms with Crippen molar-refractivity contribution in [3.63, 3.8) is 0 Å². The number of rotatable bonds is 3. The predicted octanol–water partition coefficient (Wildman–Crippen LogP) is 0.406. The van der Waals surface area contributed by atoms with Gasteiger partial charge < -0.3 is 4.74 Å². The molecule has 2 rings (SSSR count). The van der Waals surface area contributed by atoms with Crippen molar-refractivity contribution in [1.29, 1.82) is 0 Å². The van der Waals surface area contributed by atoms with E-state index in [9.17, 15) is 13.2 Å². The number of hydrogen-bond acceptors (Lipinski definition) is 4. The van der Waals surface area contributed by atoms with Crippen molar-refractivity contribution < 1.29 is 17.9 Å². The van der Waals surface area contributed by atoms with Gasteiger partial charge >= 0.3 is 5.97 Å². The molecule has 0 saturated carbocycles. The van der Waals surface area contributed by atoms with Gasteiger partial charge in [-0.15, -0.1) is 0 Å². The molecule has 5 nitrogen and oxygen atoms in total. The molecule has 0 aliphatic carbocycles. The van der Waals surface area contributed by atoms with Gasteiger partial charge in [0.25, 0.3) is 10.0 Å². The van der Waals surface area contributed by atoms with Crippen LogP contribution in [0.2, 0.25) is 0 Å². The Morgan fingerprint density at radius 1 is 1.19 bits per heavy atom. The van der Waals surface area contributed by atoms with Crippen LogP contribution in [0.3, 0.4) is 0 Å². The van der Waals surface area contributed by atoms with Crippen LogP contribution >= 0.6 is 0 Å². The third-order valence-corrected chi connectivity index (χ3v) is 3.40. The zero-order valence-corrected chi connectivity index (χ0v) is 9.03. The second kappa shape index (κ2) is 3.97. The monoisotopic (exact) mass is 239 g/mol. The van der Waals surface area contributed by atoms with Gasteiger partial charge in [0.1, 0.15) is 6.61 Å². The van der Waals surface area contributed by atoms with Crippen molar-refractivity contribution in [1.82, 2.24) is 4.72 Å². The first-order chi connectivity index (χ1) is 7.58. The summed E-state index contributed by atoms with van der Waals surface area (Å²) in [7, 11) is -3.62. The third kappa shape index (κ3) is 2.22. The Bertz CT molecular complexity index is 533. The fourth-order valence-corrected chi connectivity index (χ4v) is 2.36. The van der Waals surface area contributed by atoms with Crippen LogP contribution in [0.5, 0.6) is 0 Å². The van der Waals surface area contributed by atoms with E-state index >= 15 is 0 Å². The number of benzene rings is 1. The molecule has 0 aromatic heterocycles. The van der Waals surface area contributed by atoms with Crippen LogP contribution in [-0.2, 0) is 19.6 Å². The van der Waals surface area contributed by atoms with Gasteiger partial charge in [0.15, 0.2) is 0 Å². The number of carbonyl (C=O) groups is 1. The molecule has 0 unspecified atom stereocenters. The fraction of sp³-hybridized carbons (Fsp3) is 0.100. The van der Waals surface area contributed by atoms with Crippen LogP contribution in [0.15, 0.2) is 47.0 Å². The molecule has 1 aliphatic heterocycles. The van der Waals surface area contributed by atoms with Crippen molar-refractivity contribution in [2.45, 2.75) is 4.90 Å². The van der Waals surface area contributed by atoms with Gasteiger partial charge in [-0.25, -0.2) is 13.2 Å². The molecule has 1 aromatic carbocycles. The van der Waals surface area contributed by atoms with E-state index in [0.717, 1.165) is 6.08 Å². The number of esters is 1. The molecule has 6 heteroatoms. The lowest BCUT2D eigenvalue weighted by Crippen LogP contribution is -2.23. The fourth-order valence-electron chi connectivity index (χ4n) is 1.26. The molecule has 0 saturated heterocycles. The lowest BCUT2D eigenvalue weighted by Gasteiger charge is -2.06. The molecule has 84 valence electrons. The van der Waals surface area contributed by atoms with Gasteiger partial charge in [0.05, 0.1) is 10.6 Å². The van der Waals surface area contributed by atoms with E-state index in [1.807, 2.05) is 0 Å². The van der Waals surface area contributed by atoms with Gasteiger partial charge in [-0.2, -0.15) is 0 Å². The van der Waals surface area contributed by atoms with Crippen LogP contribution in [0.1, 0.15) is 0 Å². The molecule has 1 heterocycles. The zero-order chi connectivity index (χ0) is 11.6. The smallest absolute Gasteiger partial charge is 0.333 e. The van der Waals surface area contributed by atoms with Gasteiger partial charge in [0, 0.05) is 6.08 Å². The number of nitrogens with one attached hydrogen (secondary N) is 1. The second-order valence-electron chi connectivity index (χ2n) is 3.20. The summed E-state index contributed by atoms with van der Waals surface area (Å²) in [4.78, 5) is 10.9. The highest BCUT2D eigenvalue weighted by Gasteiger charge is 2.19. The lowest BCUT2D eigenvalue weighted by molar-refractivity contribution is -0.134. The maximum atomic E-state index is 11.8. The SMILES string of the molecule is O=C1C=C(NS(=O)(=O)c2ccccc2)CO1. The van der Waals surface area contributed by atoms with E-state index in [4.69, 9.17) is 0 Å². The van der Waals surface area contributed by atoms with E-state index in [-0.39, 0.29) is 17.2 Å². The first-order valence-corrected chi connectivity index (χ1v) is 6.01. The molecular formula is C10H9NO4S. The Hall–Kier alpha value is -1.82. The molecule has 0 radical (unpaired) electrons. The average Bonchev–Trinajstić information content (AvgIpc) is 2.64. The number of sulfonamides is 1. The molecule has 0 atom stereocenters. The topological polar surface area (TPSA) is 72.5 Å². The summed E-state index contributed by atoms with van der Waals surface area (Å²) in [6.07, 6.45) is 1.13. The lowest BCUT2D eigenvalue weighted by atomic mass is 10.4. The molecule has 0 amide bonds. The van der Waals surface area contributed by atoms with Crippen molar-refractivity contribution >= 4 is 16.0 Å². The molecule has 0 bridgehead atoms. The molecule has 0 fully saturated rings. The van der Waals surface area contributed by atoms with Gasteiger partial charge in [0.2, 0.25) is 0 Å². The maximum absolute atomic E-state index is 11.8. The van der Waals surface area contributed by atoms with Crippen molar-refractivity contribution in [2.24, 2.45) is 0 Å². The van der Waals surface area contributed by atoms with Gasteiger partial charge in [-0.05, 0) is 12.1 Å². The number of hydrogen-bond donors (Lipinski definition) is 1. The zero-order valence-electron chi connectivity index (χ0n) is 8.21. The van der Waals surface area contributed by atoms with Crippen LogP contribution in [-0.4, -0.2) is 21.0 Å². The largest absolute Gasteiger partial charge is 0.456 e. The summed E-state index contributed by atoms with van der Waals surface area (Å²) < 4.78 is 30.4. The maximum Gasteiger partial charge on any atom is 0.333 e. The molecule has 16 heavy (non-hydrogen) atoms. The highest BCUT2D eigenvalue weighted by atomic mass is 32.2. The highest BCUT2D eigenvalue weighted by Crippen LogP contribution is 2.11. The van der Waals surface area contributed by atoms with Crippen molar-refractivity contribution in [3.05, 3.63) is 42.1 Å². The minimum absolute atomic E-state index is 0.0368. The summed E-state index contributed by atoms with van der Waals surface area (Å²) in [5.41, 5.74) is 0.244. The molecule has 1 aromatic rings. The minimum Gasteiger partial charge on any atom is -0.456 e. The summed E-state index contributed by atoms with van der Waals surface area (Å²) in [5, 5.41) is 0. The molecule has 1 aliphatic rings. The van der Waals surface area contributed by atoms with Crippen LogP contribution in [0, 0.1) is 0 Å². The molecular weight excluding hydrogens is 230 g/mol. The summed E-state index contributed by atoms with van der Waals surface area (Å²) in [6, 6.07) is 7.92. The Morgan fingerprint density at radius 3 is 2.44 bits per heavy atom. The number of cyclic esters (lactones) is 1. The Labute approximate surface area is 92.8 Å². The van der Waals surface area contributed by atoms with Gasteiger partial charge in [-0.3, -0.25) is 4.72 Å². The minimum atomic E-state index is -3.62. The first kappa shape index (κ1) is 10.7. The average molecular weight is 239 g/mol. The highest BCUT2D eigenvalue weighted by molar-refractivity contribution is 7.89. The van der Waals surface area contributed by atoms with Crippen LogP contribution in [0.25, 0.3) is 0 Å². The van der Waals surface area contributed by atoms with Crippen LogP contribution < -0.4 is 4.72 Å². The Morgan fingerprint density at radius 2 is 1.88 bits per heavy atom. The van der Waals surface area contributed by atoms with Crippen LogP contribution in [0.4, 0.5) is 0 Å². The van der Waals surface area contributed by atoms with E-state index in [1.165, 1.54) is 12.1 Å². The van der Waals surface area contributed by atoms with E-state index in [1.54, 1.807) is 18.2 Å². The third-order valence-electron chi connectivity index (χ3n) is 1.98. The predicted molar refractivity (Wildman–Crippen MR) is 55.8 cm³/mol. The normalized spacial score (nSPS) is 15.5. The number of ether oxygens (including phenoxy) is 1. The van der Waals surface area contributed by atoms with Crippen molar-refractivity contribution in [2.75, 3.05) is 6.61 Å². The van der Waals surface area contributed by atoms with E-state index in [0.29, 0.717) is 0 Å². The van der Waals surface area contributed by atoms with Crippen molar-refractivity contribution in [3.8, 4) is 0 Å². The van der Waals surface area contributed by atoms with Gasteiger partial charge in [-0.1, -0.05) is 18.2 Å². The first-order valence-electron chi connectivity index (χ1n) is 4.53. The standard InChI is InChI=1S/C10H9NO4S/c12-10-6-8(7-15-10)11-16(13,14)9-4-2-1-3-5-9/h1-6,11H,7H2. The molecule has 1 N–H and O–H groups in total. The second-order valence-corrected chi connectivity index (χ2v) is 4.88.